The number of hydrogen-bond donors (Lipinski definition) is 1. The number of carbonyl (C=O) groups excluding carboxylic acids is 1. The van der Waals surface area contributed by atoms with Gasteiger partial charge in [0, 0.05) is 0 Å². The van der Waals surface area contributed by atoms with Gasteiger partial charge in [-0.15, -0.1) is 0 Å². The summed E-state index contributed by atoms with van der Waals surface area (Å²) in [6.07, 6.45) is 22.7. The van der Waals surface area contributed by atoms with Crippen LogP contribution in [0.15, 0.2) is 47.9 Å². The molecule has 0 amide bonds. The molecule has 128 valence electrons. The van der Waals surface area contributed by atoms with Gasteiger partial charge in [-0.25, -0.2) is 4.79 Å². The first-order valence-electron chi connectivity index (χ1n) is 8.63. The summed E-state index contributed by atoms with van der Waals surface area (Å²) < 4.78 is 0. The van der Waals surface area contributed by atoms with E-state index in [0.29, 0.717) is 6.42 Å². The summed E-state index contributed by atoms with van der Waals surface area (Å²) in [5, 5.41) is 8.05. The molecule has 0 bridgehead atoms. The predicted octanol–water partition coefficient (Wildman–Crippen LogP) is 5.90. The summed E-state index contributed by atoms with van der Waals surface area (Å²) in [5.41, 5.74) is 5.66. The maximum atomic E-state index is 10.6. The molecule has 23 heavy (non-hydrogen) atoms. The second-order valence-electron chi connectivity index (χ2n) is 5.38. The third-order valence-corrected chi connectivity index (χ3v) is 3.29. The van der Waals surface area contributed by atoms with Gasteiger partial charge >= 0.3 is 5.97 Å². The van der Waals surface area contributed by atoms with Gasteiger partial charge in [0.15, 0.2) is 0 Å². The number of carbonyl (C=O) groups is 1. The van der Waals surface area contributed by atoms with Crippen molar-refractivity contribution in [3.05, 3.63) is 47.9 Å². The van der Waals surface area contributed by atoms with Crippen molar-refractivity contribution in [1.29, 1.82) is 0 Å². The summed E-state index contributed by atoms with van der Waals surface area (Å²) >= 11 is 0. The molecule has 0 saturated heterocycles. The van der Waals surface area contributed by atoms with E-state index < -0.39 is 5.97 Å². The third-order valence-electron chi connectivity index (χ3n) is 3.29. The predicted molar refractivity (Wildman–Crippen MR) is 95.0 cm³/mol. The zero-order chi connectivity index (χ0) is 17.0. The fourth-order valence-corrected chi connectivity index (χ4v) is 1.98. The number of unbranched alkanes of at least 4 members (excludes halogenated alkanes) is 7. The van der Waals surface area contributed by atoms with E-state index in [1.807, 2.05) is 12.2 Å². The zero-order valence-electron chi connectivity index (χ0n) is 14.3. The Hall–Kier alpha value is -1.79. The van der Waals surface area contributed by atoms with Crippen molar-refractivity contribution in [3.8, 4) is 0 Å². The van der Waals surface area contributed by atoms with Gasteiger partial charge in [-0.1, -0.05) is 81.2 Å². The summed E-state index contributed by atoms with van der Waals surface area (Å²) in [6.45, 7) is 2.25. The molecule has 0 heterocycles. The lowest BCUT2D eigenvalue weighted by Gasteiger charge is -1.98. The van der Waals surface area contributed by atoms with Crippen LogP contribution >= 0.6 is 0 Å². The summed E-state index contributed by atoms with van der Waals surface area (Å²) in [7, 11) is 0. The van der Waals surface area contributed by atoms with Gasteiger partial charge in [-0.05, 0) is 31.4 Å². The van der Waals surface area contributed by atoms with Crippen LogP contribution in [0.5, 0.6) is 0 Å². The minimum Gasteiger partial charge on any atom is -0.301 e. The van der Waals surface area contributed by atoms with Gasteiger partial charge in [0.25, 0.3) is 0 Å². The van der Waals surface area contributed by atoms with E-state index in [9.17, 15) is 4.79 Å². The maximum absolute atomic E-state index is 10.6. The van der Waals surface area contributed by atoms with E-state index in [1.165, 1.54) is 44.9 Å². The summed E-state index contributed by atoms with van der Waals surface area (Å²) in [5.74, 6) is -0.641. The molecule has 0 aliphatic carbocycles. The Labute approximate surface area is 140 Å². The fourth-order valence-electron chi connectivity index (χ4n) is 1.98. The van der Waals surface area contributed by atoms with Crippen LogP contribution in [0.1, 0.15) is 71.1 Å². The minimum atomic E-state index is -0.641. The van der Waals surface area contributed by atoms with E-state index in [2.05, 4.69) is 35.4 Å². The lowest BCUT2D eigenvalue weighted by Crippen LogP contribution is -1.98. The molecule has 0 atom stereocenters. The Kier molecular flexibility index (Phi) is 16.8. The number of allylic oxidation sites excluding steroid dienone is 6. The van der Waals surface area contributed by atoms with Gasteiger partial charge in [0.2, 0.25) is 0 Å². The van der Waals surface area contributed by atoms with E-state index >= 15 is 0 Å². The molecule has 0 aromatic heterocycles. The molecule has 3 heteroatoms. The summed E-state index contributed by atoms with van der Waals surface area (Å²) in [6, 6.07) is 0. The highest BCUT2D eigenvalue weighted by Gasteiger charge is 1.97. The molecular formula is C20H30O3. The fraction of sp³-hybridized carbons (Fsp3) is 0.550. The van der Waals surface area contributed by atoms with Crippen LogP contribution in [0, 0.1) is 0 Å². The van der Waals surface area contributed by atoms with Crippen LogP contribution in [-0.4, -0.2) is 11.2 Å². The first-order valence-corrected chi connectivity index (χ1v) is 8.63. The third kappa shape index (κ3) is 18.2. The SMILES string of the molecule is CCCCCCCCC/C=C/C=C/C=C=C=CCCC(=O)OO. The highest BCUT2D eigenvalue weighted by molar-refractivity contribution is 5.68. The number of rotatable bonds is 13. The molecule has 0 aliphatic rings. The zero-order valence-corrected chi connectivity index (χ0v) is 14.3. The highest BCUT2D eigenvalue weighted by Crippen LogP contribution is 2.08. The first-order chi connectivity index (χ1) is 11.3. The van der Waals surface area contributed by atoms with Gasteiger partial charge in [-0.3, -0.25) is 0 Å². The quantitative estimate of drug-likeness (QED) is 0.151. The molecule has 3 nitrogen and oxygen atoms in total. The van der Waals surface area contributed by atoms with Crippen LogP contribution in [-0.2, 0) is 9.68 Å². The average Bonchev–Trinajstić information content (AvgIpc) is 2.57. The maximum Gasteiger partial charge on any atom is 0.342 e. The molecule has 0 rings (SSSR count). The Morgan fingerprint density at radius 3 is 2.43 bits per heavy atom. The second-order valence-corrected chi connectivity index (χ2v) is 5.38. The van der Waals surface area contributed by atoms with Crippen molar-refractivity contribution in [2.45, 2.75) is 71.1 Å². The van der Waals surface area contributed by atoms with Gasteiger partial charge in [-0.2, -0.15) is 5.26 Å². The van der Waals surface area contributed by atoms with Crippen LogP contribution in [0.4, 0.5) is 0 Å². The topological polar surface area (TPSA) is 46.5 Å². The Morgan fingerprint density at radius 2 is 1.70 bits per heavy atom. The molecule has 0 radical (unpaired) electrons. The minimum absolute atomic E-state index is 0.141. The highest BCUT2D eigenvalue weighted by atomic mass is 17.1. The van der Waals surface area contributed by atoms with Crippen LogP contribution in [0.2, 0.25) is 0 Å². The van der Waals surface area contributed by atoms with Crippen molar-refractivity contribution < 1.29 is 14.9 Å². The van der Waals surface area contributed by atoms with Crippen molar-refractivity contribution in [2.24, 2.45) is 0 Å². The van der Waals surface area contributed by atoms with Gasteiger partial charge in [0.05, 0.1) is 6.42 Å². The molecule has 0 unspecified atom stereocenters. The summed E-state index contributed by atoms with van der Waals surface area (Å²) in [4.78, 5) is 14.2. The molecule has 0 fully saturated rings. The number of hydrogen-bond acceptors (Lipinski definition) is 3. The second kappa shape index (κ2) is 18.3. The van der Waals surface area contributed by atoms with E-state index in [0.717, 1.165) is 6.42 Å². The normalized spacial score (nSPS) is 10.5. The standard InChI is InChI=1S/C20H30O3/c1-2-3-4-5-6-7-8-9-10-11-12-13-14-15-16-17-18-19-20(21)23-22/h10-14,17,22H,2-9,18-19H2,1H3/b11-10+,13-12+,17-14?. The molecular weight excluding hydrogens is 288 g/mol. The Balaban J connectivity index is 3.59. The van der Waals surface area contributed by atoms with Crippen molar-refractivity contribution in [2.75, 3.05) is 0 Å². The van der Waals surface area contributed by atoms with E-state index in [1.54, 1.807) is 12.2 Å². The lowest BCUT2D eigenvalue weighted by atomic mass is 10.1. The molecule has 0 aromatic carbocycles. The monoisotopic (exact) mass is 318 g/mol. The van der Waals surface area contributed by atoms with E-state index in [4.69, 9.17) is 5.26 Å². The van der Waals surface area contributed by atoms with Gasteiger partial charge in [0.1, 0.15) is 0 Å². The Bertz CT molecular complexity index is 434. The smallest absolute Gasteiger partial charge is 0.301 e. The molecule has 0 spiro atoms. The van der Waals surface area contributed by atoms with E-state index in [-0.39, 0.29) is 6.42 Å². The molecule has 0 aromatic rings. The van der Waals surface area contributed by atoms with Crippen LogP contribution in [0.25, 0.3) is 0 Å². The van der Waals surface area contributed by atoms with Crippen molar-refractivity contribution in [1.82, 2.24) is 0 Å². The molecule has 1 N–H and O–H groups in total. The molecule has 0 saturated carbocycles. The Morgan fingerprint density at radius 1 is 0.957 bits per heavy atom. The van der Waals surface area contributed by atoms with Gasteiger partial charge < -0.3 is 4.89 Å². The first kappa shape index (κ1) is 21.2. The lowest BCUT2D eigenvalue weighted by molar-refractivity contribution is -0.234. The largest absolute Gasteiger partial charge is 0.342 e. The van der Waals surface area contributed by atoms with Crippen LogP contribution in [0.3, 0.4) is 0 Å². The average molecular weight is 318 g/mol. The molecule has 0 aliphatic heterocycles. The van der Waals surface area contributed by atoms with Crippen LogP contribution < -0.4 is 0 Å². The van der Waals surface area contributed by atoms with Crippen molar-refractivity contribution >= 4 is 5.97 Å². The van der Waals surface area contributed by atoms with Crippen molar-refractivity contribution in [3.63, 3.8) is 0 Å².